The highest BCUT2D eigenvalue weighted by Crippen LogP contribution is 2.17. The van der Waals surface area contributed by atoms with Crippen molar-refractivity contribution < 1.29 is 4.74 Å². The van der Waals surface area contributed by atoms with E-state index in [4.69, 9.17) is 4.74 Å². The van der Waals surface area contributed by atoms with E-state index in [0.717, 1.165) is 28.3 Å². The van der Waals surface area contributed by atoms with Gasteiger partial charge in [0.05, 0.1) is 13.7 Å². The predicted molar refractivity (Wildman–Crippen MR) is 113 cm³/mol. The van der Waals surface area contributed by atoms with Crippen molar-refractivity contribution >= 4 is 45.9 Å². The van der Waals surface area contributed by atoms with Crippen LogP contribution in [0.1, 0.15) is 11.3 Å². The smallest absolute Gasteiger partial charge is 0.194 e. The maximum absolute atomic E-state index is 5.38. The van der Waals surface area contributed by atoms with Crippen molar-refractivity contribution in [2.75, 3.05) is 21.2 Å². The van der Waals surface area contributed by atoms with Crippen LogP contribution >= 0.6 is 39.9 Å². The second-order valence-electron chi connectivity index (χ2n) is 5.33. The maximum Gasteiger partial charge on any atom is 0.194 e. The fourth-order valence-electron chi connectivity index (χ4n) is 2.45. The molecule has 7 heteroatoms. The number of benzene rings is 1. The fraction of sp³-hybridized carbons (Fsp3) is 0.353. The maximum atomic E-state index is 5.38. The molecule has 1 N–H and O–H groups in total. The van der Waals surface area contributed by atoms with E-state index in [-0.39, 0.29) is 24.0 Å². The van der Waals surface area contributed by atoms with E-state index in [0.29, 0.717) is 6.54 Å². The second-order valence-corrected chi connectivity index (χ2v) is 6.24. The second kappa shape index (κ2) is 9.93. The SMILES string of the molecule is CN=C(NCc1ccccc1OC)N(C)Cc1cc(Br)cn1C.I. The molecule has 24 heavy (non-hydrogen) atoms. The summed E-state index contributed by atoms with van der Waals surface area (Å²) in [6.07, 6.45) is 2.05. The highest BCUT2D eigenvalue weighted by Gasteiger charge is 2.10. The van der Waals surface area contributed by atoms with Crippen molar-refractivity contribution in [3.63, 3.8) is 0 Å². The first-order valence-corrected chi connectivity index (χ1v) is 8.19. The summed E-state index contributed by atoms with van der Waals surface area (Å²) in [5.41, 5.74) is 2.31. The summed E-state index contributed by atoms with van der Waals surface area (Å²) >= 11 is 3.51. The number of rotatable bonds is 5. The predicted octanol–water partition coefficient (Wildman–Crippen LogP) is 3.62. The highest BCUT2D eigenvalue weighted by molar-refractivity contribution is 14.0. The Kier molecular flexibility index (Phi) is 8.61. The number of para-hydroxylation sites is 1. The van der Waals surface area contributed by atoms with Crippen LogP contribution in [0, 0.1) is 0 Å². The summed E-state index contributed by atoms with van der Waals surface area (Å²) in [5.74, 6) is 1.72. The Bertz CT molecular complexity index is 687. The number of hydrogen-bond acceptors (Lipinski definition) is 2. The summed E-state index contributed by atoms with van der Waals surface area (Å²) in [7, 11) is 7.55. The molecule has 2 aromatic rings. The van der Waals surface area contributed by atoms with Gasteiger partial charge in [0.15, 0.2) is 5.96 Å². The Morgan fingerprint density at radius 3 is 2.67 bits per heavy atom. The van der Waals surface area contributed by atoms with Crippen LogP contribution in [0.2, 0.25) is 0 Å². The topological polar surface area (TPSA) is 41.8 Å². The summed E-state index contributed by atoms with van der Waals surface area (Å²) in [6, 6.07) is 10.1. The Morgan fingerprint density at radius 2 is 2.08 bits per heavy atom. The molecular weight excluding hydrogens is 483 g/mol. The molecule has 2 rings (SSSR count). The molecule has 0 unspecified atom stereocenters. The zero-order chi connectivity index (χ0) is 16.8. The van der Waals surface area contributed by atoms with Gasteiger partial charge in [0, 0.05) is 49.6 Å². The zero-order valence-electron chi connectivity index (χ0n) is 14.4. The van der Waals surface area contributed by atoms with E-state index in [9.17, 15) is 0 Å². The molecule has 0 amide bonds. The lowest BCUT2D eigenvalue weighted by Gasteiger charge is -2.22. The van der Waals surface area contributed by atoms with Gasteiger partial charge >= 0.3 is 0 Å². The minimum Gasteiger partial charge on any atom is -0.496 e. The third-order valence-electron chi connectivity index (χ3n) is 3.68. The number of guanidine groups is 1. The Hall–Kier alpha value is -1.22. The van der Waals surface area contributed by atoms with Gasteiger partial charge in [-0.25, -0.2) is 0 Å². The zero-order valence-corrected chi connectivity index (χ0v) is 18.3. The third kappa shape index (κ3) is 5.41. The minimum atomic E-state index is 0. The molecule has 0 bridgehead atoms. The minimum absolute atomic E-state index is 0. The molecule has 0 aliphatic rings. The van der Waals surface area contributed by atoms with E-state index < -0.39 is 0 Å². The van der Waals surface area contributed by atoms with Gasteiger partial charge < -0.3 is 19.5 Å². The quantitative estimate of drug-likeness (QED) is 0.382. The number of nitrogens with zero attached hydrogens (tertiary/aromatic N) is 3. The van der Waals surface area contributed by atoms with Crippen LogP contribution in [0.3, 0.4) is 0 Å². The van der Waals surface area contributed by atoms with E-state index in [1.807, 2.05) is 44.6 Å². The number of ether oxygens (including phenoxy) is 1. The van der Waals surface area contributed by atoms with Crippen molar-refractivity contribution in [1.82, 2.24) is 14.8 Å². The van der Waals surface area contributed by atoms with Crippen molar-refractivity contribution in [3.05, 3.63) is 52.3 Å². The molecule has 0 aliphatic heterocycles. The van der Waals surface area contributed by atoms with Gasteiger partial charge in [-0.15, -0.1) is 24.0 Å². The van der Waals surface area contributed by atoms with Crippen LogP contribution in [0.4, 0.5) is 0 Å². The lowest BCUT2D eigenvalue weighted by molar-refractivity contribution is 0.408. The van der Waals surface area contributed by atoms with Gasteiger partial charge in [-0.05, 0) is 28.1 Å². The summed E-state index contributed by atoms with van der Waals surface area (Å²) in [4.78, 5) is 6.46. The number of nitrogens with one attached hydrogen (secondary N) is 1. The Labute approximate surface area is 169 Å². The van der Waals surface area contributed by atoms with Gasteiger partial charge in [-0.2, -0.15) is 0 Å². The number of aryl methyl sites for hydroxylation is 1. The molecule has 0 spiro atoms. The van der Waals surface area contributed by atoms with E-state index in [2.05, 4.69) is 41.8 Å². The van der Waals surface area contributed by atoms with Crippen LogP contribution in [0.15, 0.2) is 46.0 Å². The van der Waals surface area contributed by atoms with Crippen LogP contribution in [0.5, 0.6) is 5.75 Å². The molecule has 0 saturated carbocycles. The monoisotopic (exact) mass is 506 g/mol. The first-order chi connectivity index (χ1) is 11.0. The summed E-state index contributed by atoms with van der Waals surface area (Å²) in [6.45, 7) is 1.44. The first-order valence-electron chi connectivity index (χ1n) is 7.39. The van der Waals surface area contributed by atoms with E-state index in [1.54, 1.807) is 14.2 Å². The Morgan fingerprint density at radius 1 is 1.38 bits per heavy atom. The number of methoxy groups -OCH3 is 1. The molecule has 0 fully saturated rings. The summed E-state index contributed by atoms with van der Waals surface area (Å²) < 4.78 is 8.57. The Balaban J connectivity index is 0.00000288. The molecule has 5 nitrogen and oxygen atoms in total. The van der Waals surface area contributed by atoms with Crippen LogP contribution < -0.4 is 10.1 Å². The van der Waals surface area contributed by atoms with Crippen molar-refractivity contribution in [3.8, 4) is 5.75 Å². The lowest BCUT2D eigenvalue weighted by atomic mass is 10.2. The number of aliphatic imine (C=N–C) groups is 1. The summed E-state index contributed by atoms with van der Waals surface area (Å²) in [5, 5.41) is 3.38. The molecule has 0 aliphatic carbocycles. The van der Waals surface area contributed by atoms with Crippen molar-refractivity contribution in [2.24, 2.45) is 12.0 Å². The van der Waals surface area contributed by atoms with Gasteiger partial charge in [-0.3, -0.25) is 4.99 Å². The number of halogens is 2. The number of hydrogen-bond donors (Lipinski definition) is 1. The normalized spacial score (nSPS) is 11.0. The van der Waals surface area contributed by atoms with Gasteiger partial charge in [0.1, 0.15) is 5.75 Å². The average Bonchev–Trinajstić information content (AvgIpc) is 2.85. The van der Waals surface area contributed by atoms with Crippen LogP contribution in [-0.2, 0) is 20.1 Å². The molecule has 0 atom stereocenters. The molecule has 132 valence electrons. The highest BCUT2D eigenvalue weighted by atomic mass is 127. The standard InChI is InChI=1S/C17H23BrN4O.HI/c1-19-17(20-10-13-7-5-6-8-16(13)23-4)22(3)12-15-9-14(18)11-21(15)2;/h5-9,11H,10,12H2,1-4H3,(H,19,20);1H. The van der Waals surface area contributed by atoms with E-state index >= 15 is 0 Å². The largest absolute Gasteiger partial charge is 0.496 e. The van der Waals surface area contributed by atoms with Gasteiger partial charge in [-0.1, -0.05) is 18.2 Å². The molecule has 1 aromatic carbocycles. The molecular formula is C17H24BrIN4O. The van der Waals surface area contributed by atoms with Crippen molar-refractivity contribution in [2.45, 2.75) is 13.1 Å². The first kappa shape index (κ1) is 20.8. The fourth-order valence-corrected chi connectivity index (χ4v) is 3.02. The lowest BCUT2D eigenvalue weighted by Crippen LogP contribution is -2.38. The van der Waals surface area contributed by atoms with E-state index in [1.165, 1.54) is 5.69 Å². The molecule has 0 saturated heterocycles. The van der Waals surface area contributed by atoms with Gasteiger partial charge in [0.25, 0.3) is 0 Å². The molecule has 0 radical (unpaired) electrons. The van der Waals surface area contributed by atoms with Crippen LogP contribution in [0.25, 0.3) is 0 Å². The average molecular weight is 507 g/mol. The van der Waals surface area contributed by atoms with Crippen molar-refractivity contribution in [1.29, 1.82) is 0 Å². The molecule has 1 heterocycles. The van der Waals surface area contributed by atoms with Gasteiger partial charge in [0.2, 0.25) is 0 Å². The van der Waals surface area contributed by atoms with Crippen LogP contribution in [-0.4, -0.2) is 36.6 Å². The molecule has 1 aromatic heterocycles. The third-order valence-corrected chi connectivity index (χ3v) is 4.11. The number of aromatic nitrogens is 1.